The first-order valence-electron chi connectivity index (χ1n) is 22.5. The SMILES string of the molecule is C1=Cc2nc1c(-c1ccccc1)c1ccc(s1)c1ccc(s1)c(-c1ccccc1)c1ccc([nH]1)c1nc(c(-c3ccccc3)c3ccc(s3)c3ccc(s3)c(-c3ccccc3)c3ccc2[nH]3)C=C1. The molecule has 0 aliphatic carbocycles. The van der Waals surface area contributed by atoms with Crippen molar-refractivity contribution in [2.45, 2.75) is 0 Å². The Hall–Kier alpha value is -7.72. The molecule has 0 saturated carbocycles. The van der Waals surface area contributed by atoms with Crippen LogP contribution in [0.3, 0.4) is 0 Å². The largest absolute Gasteiger partial charge is 0.353 e. The average molecular weight is 943 g/mol. The van der Waals surface area contributed by atoms with E-state index in [-0.39, 0.29) is 0 Å². The molecule has 2 aliphatic heterocycles. The number of nitrogens with zero attached hydrogens (tertiary/aromatic N) is 2. The van der Waals surface area contributed by atoms with Gasteiger partial charge in [0, 0.05) is 70.9 Å². The van der Waals surface area contributed by atoms with E-state index in [1.807, 2.05) is 45.3 Å². The Morgan fingerprint density at radius 3 is 0.838 bits per heavy atom. The zero-order valence-corrected chi connectivity index (χ0v) is 39.6. The molecule has 322 valence electrons. The number of fused-ring (bicyclic) bond motifs is 20. The minimum atomic E-state index is 0.909. The molecule has 0 radical (unpaired) electrons. The summed E-state index contributed by atoms with van der Waals surface area (Å²) in [6.45, 7) is 0. The lowest BCUT2D eigenvalue weighted by Crippen LogP contribution is -1.83. The van der Waals surface area contributed by atoms with Crippen LogP contribution in [0.2, 0.25) is 0 Å². The van der Waals surface area contributed by atoms with Crippen LogP contribution in [-0.4, -0.2) is 19.9 Å². The molecule has 0 unspecified atom stereocenters. The van der Waals surface area contributed by atoms with Crippen molar-refractivity contribution in [3.05, 3.63) is 217 Å². The van der Waals surface area contributed by atoms with Crippen LogP contribution in [0.1, 0.15) is 22.8 Å². The quantitative estimate of drug-likeness (QED) is 0.185. The normalized spacial score (nSPS) is 12.0. The molecule has 4 aromatic carbocycles. The Balaban J connectivity index is 1.12. The van der Waals surface area contributed by atoms with Gasteiger partial charge in [-0.05, 0) is 119 Å². The molecule has 2 aliphatic rings. The predicted octanol–water partition coefficient (Wildman–Crippen LogP) is 18.4. The highest BCUT2D eigenvalue weighted by atomic mass is 32.1. The summed E-state index contributed by atoms with van der Waals surface area (Å²) in [6.07, 6.45) is 8.62. The van der Waals surface area contributed by atoms with E-state index in [1.54, 1.807) is 0 Å². The standard InChI is InChI=1S/C60H38N4S4/c1-5-13-37(14-6-1)57-45-25-21-41(61-45)42-22-26-46(62-42)58(38-15-7-2-8-16-38)55-35-31-51(67-55)52-32-36-56(68-52)60(40-19-11-4-12-20-40)48-28-24-44(64-48)43-23-27-47(63-43)59(39-17-9-3-10-18-39)54-34-30-50(66-54)49-29-33-53(57)65-49/h1-36,61,64H. The number of aromatic amines is 2. The first-order chi connectivity index (χ1) is 33.7. The third-order valence-corrected chi connectivity index (χ3v) is 17.2. The van der Waals surface area contributed by atoms with E-state index >= 15 is 0 Å². The van der Waals surface area contributed by atoms with Gasteiger partial charge in [0.05, 0.1) is 33.8 Å². The highest BCUT2D eigenvalue weighted by molar-refractivity contribution is 7.31. The molecule has 0 saturated heterocycles. The summed E-state index contributed by atoms with van der Waals surface area (Å²) in [4.78, 5) is 18.3. The molecule has 0 amide bonds. The van der Waals surface area contributed by atoms with E-state index in [2.05, 4.69) is 228 Å². The smallest absolute Gasteiger partial charge is 0.0872 e. The zero-order valence-electron chi connectivity index (χ0n) is 36.3. The summed E-state index contributed by atoms with van der Waals surface area (Å²) in [5.74, 6) is 0. The van der Waals surface area contributed by atoms with Crippen LogP contribution >= 0.6 is 45.3 Å². The first kappa shape index (κ1) is 40.5. The van der Waals surface area contributed by atoms with Crippen molar-refractivity contribution in [3.63, 3.8) is 0 Å². The minimum absolute atomic E-state index is 0.909. The Bertz CT molecular complexity index is 3860. The summed E-state index contributed by atoms with van der Waals surface area (Å²) in [5.41, 5.74) is 16.9. The van der Waals surface area contributed by atoms with Crippen molar-refractivity contribution in [1.82, 2.24) is 19.9 Å². The molecule has 7 aromatic heterocycles. The highest BCUT2D eigenvalue weighted by Gasteiger charge is 2.16. The van der Waals surface area contributed by atoms with Crippen LogP contribution in [0.25, 0.3) is 128 Å². The fraction of sp³-hybridized carbons (Fsp3) is 0. The molecule has 0 fully saturated rings. The second-order valence-electron chi connectivity index (χ2n) is 16.6. The number of nitrogens with one attached hydrogen (secondary N) is 2. The number of H-pyrrole nitrogens is 2. The molecule has 13 rings (SSSR count). The van der Waals surface area contributed by atoms with Gasteiger partial charge in [0.15, 0.2) is 0 Å². The van der Waals surface area contributed by atoms with E-state index in [1.165, 1.54) is 37.6 Å². The molecule has 8 heteroatoms. The molecule has 0 spiro atoms. The maximum Gasteiger partial charge on any atom is 0.0872 e. The number of hydrogen-bond acceptors (Lipinski definition) is 6. The Morgan fingerprint density at radius 2 is 0.500 bits per heavy atom. The fourth-order valence-corrected chi connectivity index (χ4v) is 13.7. The number of aromatic nitrogens is 4. The second kappa shape index (κ2) is 17.2. The van der Waals surface area contributed by atoms with Crippen molar-refractivity contribution >= 4 is 129 Å². The van der Waals surface area contributed by atoms with Gasteiger partial charge in [-0.3, -0.25) is 0 Å². The van der Waals surface area contributed by atoms with Gasteiger partial charge in [0.1, 0.15) is 0 Å². The lowest BCUT2D eigenvalue weighted by molar-refractivity contribution is 1.32. The van der Waals surface area contributed by atoms with Crippen molar-refractivity contribution in [1.29, 1.82) is 0 Å². The van der Waals surface area contributed by atoms with Crippen LogP contribution in [0.15, 0.2) is 194 Å². The lowest BCUT2D eigenvalue weighted by atomic mass is 10.1. The molecular formula is C60H38N4S4. The third-order valence-electron chi connectivity index (χ3n) is 12.4. The highest BCUT2D eigenvalue weighted by Crippen LogP contribution is 2.42. The lowest BCUT2D eigenvalue weighted by Gasteiger charge is -2.03. The van der Waals surface area contributed by atoms with Gasteiger partial charge in [-0.25, -0.2) is 9.97 Å². The van der Waals surface area contributed by atoms with Crippen molar-refractivity contribution < 1.29 is 0 Å². The van der Waals surface area contributed by atoms with Crippen LogP contribution in [0.4, 0.5) is 0 Å². The van der Waals surface area contributed by atoms with Gasteiger partial charge < -0.3 is 9.97 Å². The molecule has 0 atom stereocenters. The topological polar surface area (TPSA) is 57.4 Å². The number of thiophene rings is 4. The minimum Gasteiger partial charge on any atom is -0.353 e. The molecule has 11 aromatic rings. The number of benzene rings is 4. The van der Waals surface area contributed by atoms with Crippen molar-refractivity contribution in [3.8, 4) is 44.5 Å². The van der Waals surface area contributed by atoms with E-state index in [9.17, 15) is 0 Å². The zero-order chi connectivity index (χ0) is 45.0. The van der Waals surface area contributed by atoms with Gasteiger partial charge in [-0.1, -0.05) is 121 Å². The van der Waals surface area contributed by atoms with Gasteiger partial charge in [-0.2, -0.15) is 0 Å². The van der Waals surface area contributed by atoms with Crippen LogP contribution < -0.4 is 0 Å². The molecular weight excluding hydrogens is 905 g/mol. The first-order valence-corrected chi connectivity index (χ1v) is 25.7. The molecule has 68 heavy (non-hydrogen) atoms. The maximum absolute atomic E-state index is 5.35. The maximum atomic E-state index is 5.35. The van der Waals surface area contributed by atoms with E-state index in [4.69, 9.17) is 9.97 Å². The summed E-state index contributed by atoms with van der Waals surface area (Å²) in [6, 6.07) is 69.6. The number of rotatable bonds is 4. The van der Waals surface area contributed by atoms with Gasteiger partial charge in [-0.15, -0.1) is 45.3 Å². The second-order valence-corrected chi connectivity index (χ2v) is 21.0. The fourth-order valence-electron chi connectivity index (χ4n) is 9.22. The van der Waals surface area contributed by atoms with E-state index in [0.29, 0.717) is 0 Å². The molecule has 16 bridgehead atoms. The van der Waals surface area contributed by atoms with Crippen LogP contribution in [-0.2, 0) is 0 Å². The summed E-state index contributed by atoms with van der Waals surface area (Å²) >= 11 is 7.27. The van der Waals surface area contributed by atoms with Gasteiger partial charge >= 0.3 is 0 Å². The molecule has 9 heterocycles. The molecule has 4 nitrogen and oxygen atoms in total. The summed E-state index contributed by atoms with van der Waals surface area (Å²) in [5, 5.41) is 0. The van der Waals surface area contributed by atoms with Gasteiger partial charge in [0.25, 0.3) is 0 Å². The Labute approximate surface area is 407 Å². The average Bonchev–Trinajstić information content (AvgIpc) is 4.23. The summed E-state index contributed by atoms with van der Waals surface area (Å²) < 4.78 is 9.61. The van der Waals surface area contributed by atoms with E-state index < -0.39 is 0 Å². The van der Waals surface area contributed by atoms with Crippen LogP contribution in [0.5, 0.6) is 0 Å². The predicted molar refractivity (Wildman–Crippen MR) is 297 cm³/mol. The van der Waals surface area contributed by atoms with Crippen molar-refractivity contribution in [2.75, 3.05) is 0 Å². The van der Waals surface area contributed by atoms with E-state index in [0.717, 1.165) is 89.4 Å². The molecule has 2 N–H and O–H groups in total. The Morgan fingerprint density at radius 1 is 0.235 bits per heavy atom. The van der Waals surface area contributed by atoms with Crippen LogP contribution in [0, 0.1) is 0 Å². The van der Waals surface area contributed by atoms with Gasteiger partial charge in [0.2, 0.25) is 0 Å². The summed E-state index contributed by atoms with van der Waals surface area (Å²) in [7, 11) is 0. The number of hydrogen-bond donors (Lipinski definition) is 2. The van der Waals surface area contributed by atoms with Crippen molar-refractivity contribution in [2.24, 2.45) is 0 Å². The monoisotopic (exact) mass is 942 g/mol. The Kier molecular flexibility index (Phi) is 10.2. The third kappa shape index (κ3) is 7.44.